The van der Waals surface area contributed by atoms with Crippen LogP contribution in [0.3, 0.4) is 0 Å². The van der Waals surface area contributed by atoms with Gasteiger partial charge in [-0.25, -0.2) is 0 Å². The fourth-order valence-electron chi connectivity index (χ4n) is 2.06. The number of nitrogens with zero attached hydrogens (tertiary/aromatic N) is 1. The van der Waals surface area contributed by atoms with Gasteiger partial charge in [-0.15, -0.1) is 0 Å². The molecule has 0 fully saturated rings. The van der Waals surface area contributed by atoms with E-state index in [1.807, 2.05) is 18.2 Å². The summed E-state index contributed by atoms with van der Waals surface area (Å²) < 4.78 is 0. The van der Waals surface area contributed by atoms with Crippen molar-refractivity contribution in [1.82, 2.24) is 4.90 Å². The van der Waals surface area contributed by atoms with Gasteiger partial charge < -0.3 is 5.73 Å². The van der Waals surface area contributed by atoms with Crippen molar-refractivity contribution in [1.29, 1.82) is 0 Å². The zero-order valence-corrected chi connectivity index (χ0v) is 11.1. The monoisotopic (exact) mass is 240 g/mol. The van der Waals surface area contributed by atoms with Crippen molar-refractivity contribution < 1.29 is 0 Å². The summed E-state index contributed by atoms with van der Waals surface area (Å²) in [5.41, 5.74) is 10.5. The van der Waals surface area contributed by atoms with E-state index in [1.54, 1.807) is 0 Å². The van der Waals surface area contributed by atoms with E-state index in [4.69, 9.17) is 5.73 Å². The molecule has 0 amide bonds. The van der Waals surface area contributed by atoms with Gasteiger partial charge in [0.25, 0.3) is 0 Å². The SMILES string of the molecule is Cc1ccc(CN(C)Cc2cccc(N)c2)cc1. The van der Waals surface area contributed by atoms with Crippen molar-refractivity contribution >= 4 is 5.69 Å². The van der Waals surface area contributed by atoms with Crippen LogP contribution in [0.15, 0.2) is 48.5 Å². The molecule has 2 nitrogen and oxygen atoms in total. The number of nitrogens with two attached hydrogens (primary N) is 1. The van der Waals surface area contributed by atoms with Gasteiger partial charge in [0.15, 0.2) is 0 Å². The molecule has 0 heterocycles. The summed E-state index contributed by atoms with van der Waals surface area (Å²) in [5, 5.41) is 0. The molecule has 0 spiro atoms. The minimum atomic E-state index is 0.830. The van der Waals surface area contributed by atoms with E-state index in [-0.39, 0.29) is 0 Å². The Kier molecular flexibility index (Phi) is 4.00. The molecule has 0 aliphatic carbocycles. The van der Waals surface area contributed by atoms with Crippen LogP contribution < -0.4 is 5.73 Å². The lowest BCUT2D eigenvalue weighted by Gasteiger charge is -2.17. The minimum Gasteiger partial charge on any atom is -0.399 e. The topological polar surface area (TPSA) is 29.3 Å². The average Bonchev–Trinajstić information content (AvgIpc) is 2.32. The van der Waals surface area contributed by atoms with Crippen molar-refractivity contribution in [2.75, 3.05) is 12.8 Å². The van der Waals surface area contributed by atoms with E-state index in [0.29, 0.717) is 0 Å². The van der Waals surface area contributed by atoms with Crippen LogP contribution in [0.2, 0.25) is 0 Å². The first kappa shape index (κ1) is 12.7. The van der Waals surface area contributed by atoms with E-state index < -0.39 is 0 Å². The van der Waals surface area contributed by atoms with Gasteiger partial charge in [0.1, 0.15) is 0 Å². The molecular weight excluding hydrogens is 220 g/mol. The lowest BCUT2D eigenvalue weighted by Crippen LogP contribution is -2.17. The minimum absolute atomic E-state index is 0.830. The molecule has 0 saturated heterocycles. The second kappa shape index (κ2) is 5.69. The fraction of sp³-hybridized carbons (Fsp3) is 0.250. The molecule has 2 aromatic rings. The van der Waals surface area contributed by atoms with Crippen molar-refractivity contribution in [3.05, 3.63) is 65.2 Å². The predicted molar refractivity (Wildman–Crippen MR) is 77.2 cm³/mol. The van der Waals surface area contributed by atoms with E-state index in [9.17, 15) is 0 Å². The van der Waals surface area contributed by atoms with Crippen LogP contribution in [0.1, 0.15) is 16.7 Å². The third-order valence-corrected chi connectivity index (χ3v) is 2.98. The van der Waals surface area contributed by atoms with Gasteiger partial charge in [0, 0.05) is 18.8 Å². The molecule has 0 atom stereocenters. The van der Waals surface area contributed by atoms with Gasteiger partial charge in [0.05, 0.1) is 0 Å². The molecule has 0 aromatic heterocycles. The lowest BCUT2D eigenvalue weighted by atomic mass is 10.1. The summed E-state index contributed by atoms with van der Waals surface area (Å²) in [6.07, 6.45) is 0. The van der Waals surface area contributed by atoms with Gasteiger partial charge in [-0.05, 0) is 37.2 Å². The van der Waals surface area contributed by atoms with E-state index >= 15 is 0 Å². The van der Waals surface area contributed by atoms with Crippen molar-refractivity contribution in [3.63, 3.8) is 0 Å². The Bertz CT molecular complexity index is 503. The summed E-state index contributed by atoms with van der Waals surface area (Å²) in [7, 11) is 2.13. The molecule has 0 aliphatic heterocycles. The first-order chi connectivity index (χ1) is 8.63. The normalized spacial score (nSPS) is 10.8. The summed E-state index contributed by atoms with van der Waals surface area (Å²) in [4.78, 5) is 2.29. The Morgan fingerprint density at radius 3 is 2.28 bits per heavy atom. The molecule has 2 heteroatoms. The number of aryl methyl sites for hydroxylation is 1. The number of benzene rings is 2. The lowest BCUT2D eigenvalue weighted by molar-refractivity contribution is 0.319. The van der Waals surface area contributed by atoms with E-state index in [2.05, 4.69) is 49.2 Å². The number of hydrogen-bond acceptors (Lipinski definition) is 2. The Morgan fingerprint density at radius 1 is 0.944 bits per heavy atom. The van der Waals surface area contributed by atoms with Gasteiger partial charge in [0.2, 0.25) is 0 Å². The zero-order valence-electron chi connectivity index (χ0n) is 11.1. The Balaban J connectivity index is 1.96. The summed E-state index contributed by atoms with van der Waals surface area (Å²) in [6, 6.07) is 16.8. The van der Waals surface area contributed by atoms with Gasteiger partial charge >= 0.3 is 0 Å². The summed E-state index contributed by atoms with van der Waals surface area (Å²) >= 11 is 0. The molecule has 2 aromatic carbocycles. The van der Waals surface area contributed by atoms with Crippen LogP contribution in [0, 0.1) is 6.92 Å². The Hall–Kier alpha value is -1.80. The molecule has 0 bridgehead atoms. The maximum Gasteiger partial charge on any atom is 0.0317 e. The maximum atomic E-state index is 5.79. The van der Waals surface area contributed by atoms with Crippen LogP contribution in [0.5, 0.6) is 0 Å². The first-order valence-electron chi connectivity index (χ1n) is 6.22. The summed E-state index contributed by atoms with van der Waals surface area (Å²) in [6.45, 7) is 3.98. The number of rotatable bonds is 4. The molecule has 0 aliphatic rings. The van der Waals surface area contributed by atoms with Gasteiger partial charge in [-0.1, -0.05) is 42.0 Å². The van der Waals surface area contributed by atoms with Crippen molar-refractivity contribution in [2.24, 2.45) is 0 Å². The van der Waals surface area contributed by atoms with Crippen LogP contribution in [-0.2, 0) is 13.1 Å². The molecule has 0 radical (unpaired) electrons. The molecule has 0 saturated carbocycles. The van der Waals surface area contributed by atoms with Crippen molar-refractivity contribution in [2.45, 2.75) is 20.0 Å². The number of nitrogen functional groups attached to an aromatic ring is 1. The first-order valence-corrected chi connectivity index (χ1v) is 6.22. The molecule has 2 rings (SSSR count). The third kappa shape index (κ3) is 3.60. The van der Waals surface area contributed by atoms with Crippen molar-refractivity contribution in [3.8, 4) is 0 Å². The molecule has 0 unspecified atom stereocenters. The smallest absolute Gasteiger partial charge is 0.0317 e. The Labute approximate surface area is 109 Å². The van der Waals surface area contributed by atoms with E-state index in [1.165, 1.54) is 16.7 Å². The quantitative estimate of drug-likeness (QED) is 0.831. The average molecular weight is 240 g/mol. The number of hydrogen-bond donors (Lipinski definition) is 1. The standard InChI is InChI=1S/C16H20N2/c1-13-6-8-14(9-7-13)11-18(2)12-15-4-3-5-16(17)10-15/h3-10H,11-12,17H2,1-2H3. The van der Waals surface area contributed by atoms with Crippen LogP contribution in [0.4, 0.5) is 5.69 Å². The molecule has 94 valence electrons. The van der Waals surface area contributed by atoms with Crippen LogP contribution in [-0.4, -0.2) is 11.9 Å². The predicted octanol–water partition coefficient (Wildman–Crippen LogP) is 3.21. The number of anilines is 1. The highest BCUT2D eigenvalue weighted by Crippen LogP contribution is 2.11. The van der Waals surface area contributed by atoms with Gasteiger partial charge in [-0.2, -0.15) is 0 Å². The molecular formula is C16H20N2. The highest BCUT2D eigenvalue weighted by molar-refractivity contribution is 5.40. The van der Waals surface area contributed by atoms with E-state index in [0.717, 1.165) is 18.8 Å². The fourth-order valence-corrected chi connectivity index (χ4v) is 2.06. The zero-order chi connectivity index (χ0) is 13.0. The third-order valence-electron chi connectivity index (χ3n) is 2.98. The van der Waals surface area contributed by atoms with Gasteiger partial charge in [-0.3, -0.25) is 4.90 Å². The van der Waals surface area contributed by atoms with Crippen LogP contribution >= 0.6 is 0 Å². The largest absolute Gasteiger partial charge is 0.399 e. The Morgan fingerprint density at radius 2 is 1.61 bits per heavy atom. The highest BCUT2D eigenvalue weighted by atomic mass is 15.1. The highest BCUT2D eigenvalue weighted by Gasteiger charge is 2.02. The maximum absolute atomic E-state index is 5.79. The summed E-state index contributed by atoms with van der Waals surface area (Å²) in [5.74, 6) is 0. The van der Waals surface area contributed by atoms with Crippen LogP contribution in [0.25, 0.3) is 0 Å². The second-order valence-electron chi connectivity index (χ2n) is 4.90. The second-order valence-corrected chi connectivity index (χ2v) is 4.90. The molecule has 18 heavy (non-hydrogen) atoms. The molecule has 2 N–H and O–H groups in total.